The van der Waals surface area contributed by atoms with E-state index in [0.29, 0.717) is 0 Å². The summed E-state index contributed by atoms with van der Waals surface area (Å²) in [6, 6.07) is 4.34. The molecule has 7 heteroatoms. The summed E-state index contributed by atoms with van der Waals surface area (Å²) in [5.41, 5.74) is 0.258. The van der Waals surface area contributed by atoms with E-state index >= 15 is 0 Å². The zero-order chi connectivity index (χ0) is 14.7. The van der Waals surface area contributed by atoms with Crippen LogP contribution in [0.4, 0.5) is 4.39 Å². The van der Waals surface area contributed by atoms with Crippen molar-refractivity contribution in [2.75, 3.05) is 0 Å². The summed E-state index contributed by atoms with van der Waals surface area (Å²) in [7, 11) is 0. The van der Waals surface area contributed by atoms with Gasteiger partial charge in [-0.15, -0.1) is 10.2 Å². The second kappa shape index (κ2) is 6.00. The Bertz CT molecular complexity index is 608. The molecule has 1 N–H and O–H groups in total. The van der Waals surface area contributed by atoms with Gasteiger partial charge in [0.05, 0.1) is 6.42 Å². The van der Waals surface area contributed by atoms with E-state index in [4.69, 9.17) is 16.0 Å². The molecule has 20 heavy (non-hydrogen) atoms. The molecule has 0 radical (unpaired) electrons. The first-order chi connectivity index (χ1) is 9.47. The maximum atomic E-state index is 13.6. The standard InChI is InChI=1S/C13H13ClFN3O2/c1-7(2)16-12(19)13-18-17-11(20-13)6-8-9(14)4-3-5-10(8)15/h3-5,7H,6H2,1-2H3,(H,16,19). The van der Waals surface area contributed by atoms with E-state index in [2.05, 4.69) is 15.5 Å². The first-order valence-electron chi connectivity index (χ1n) is 6.03. The lowest BCUT2D eigenvalue weighted by Crippen LogP contribution is -2.30. The number of nitrogens with zero attached hydrogens (tertiary/aromatic N) is 2. The predicted molar refractivity (Wildman–Crippen MR) is 71.1 cm³/mol. The molecule has 0 spiro atoms. The van der Waals surface area contributed by atoms with E-state index in [1.807, 2.05) is 13.8 Å². The molecule has 1 heterocycles. The monoisotopic (exact) mass is 297 g/mol. The van der Waals surface area contributed by atoms with Gasteiger partial charge < -0.3 is 9.73 Å². The summed E-state index contributed by atoms with van der Waals surface area (Å²) in [6.07, 6.45) is 0.0352. The number of nitrogens with one attached hydrogen (secondary N) is 1. The number of rotatable bonds is 4. The fraction of sp³-hybridized carbons (Fsp3) is 0.308. The molecule has 1 aromatic carbocycles. The van der Waals surface area contributed by atoms with Crippen molar-refractivity contribution in [2.45, 2.75) is 26.3 Å². The van der Waals surface area contributed by atoms with Crippen molar-refractivity contribution in [1.82, 2.24) is 15.5 Å². The van der Waals surface area contributed by atoms with Crippen LogP contribution in [0.15, 0.2) is 22.6 Å². The topological polar surface area (TPSA) is 68.0 Å². The van der Waals surface area contributed by atoms with Crippen molar-refractivity contribution in [1.29, 1.82) is 0 Å². The smallest absolute Gasteiger partial charge is 0.309 e. The Morgan fingerprint density at radius 3 is 2.85 bits per heavy atom. The summed E-state index contributed by atoms with van der Waals surface area (Å²) >= 11 is 5.91. The van der Waals surface area contributed by atoms with Crippen molar-refractivity contribution in [3.8, 4) is 0 Å². The zero-order valence-electron chi connectivity index (χ0n) is 11.0. The maximum absolute atomic E-state index is 13.6. The predicted octanol–water partition coefficient (Wildman–Crippen LogP) is 2.59. The third-order valence-corrected chi connectivity index (χ3v) is 2.82. The quantitative estimate of drug-likeness (QED) is 0.942. The van der Waals surface area contributed by atoms with E-state index in [1.54, 1.807) is 6.07 Å². The molecule has 2 aromatic rings. The molecule has 0 atom stereocenters. The number of aromatic nitrogens is 2. The summed E-state index contributed by atoms with van der Waals surface area (Å²) in [5, 5.41) is 10.2. The van der Waals surface area contributed by atoms with Crippen molar-refractivity contribution < 1.29 is 13.6 Å². The van der Waals surface area contributed by atoms with Crippen LogP contribution < -0.4 is 5.32 Å². The van der Waals surface area contributed by atoms with E-state index in [-0.39, 0.29) is 34.8 Å². The zero-order valence-corrected chi connectivity index (χ0v) is 11.7. The molecule has 5 nitrogen and oxygen atoms in total. The van der Waals surface area contributed by atoms with Gasteiger partial charge in [0.25, 0.3) is 0 Å². The van der Waals surface area contributed by atoms with Gasteiger partial charge in [-0.2, -0.15) is 0 Å². The third-order valence-electron chi connectivity index (χ3n) is 2.47. The largest absolute Gasteiger partial charge is 0.417 e. The number of hydrogen-bond donors (Lipinski definition) is 1. The molecular formula is C13H13ClFN3O2. The van der Waals surface area contributed by atoms with Crippen molar-refractivity contribution >= 4 is 17.5 Å². The Hall–Kier alpha value is -1.95. The van der Waals surface area contributed by atoms with Crippen LogP contribution >= 0.6 is 11.6 Å². The van der Waals surface area contributed by atoms with Gasteiger partial charge in [0.1, 0.15) is 5.82 Å². The fourth-order valence-electron chi connectivity index (χ4n) is 1.59. The van der Waals surface area contributed by atoms with Crippen LogP contribution in [0, 0.1) is 5.82 Å². The third kappa shape index (κ3) is 3.33. The normalized spacial score (nSPS) is 10.8. The van der Waals surface area contributed by atoms with Crippen LogP contribution in [0.25, 0.3) is 0 Å². The van der Waals surface area contributed by atoms with E-state index in [9.17, 15) is 9.18 Å². The minimum absolute atomic E-state index is 0.0352. The summed E-state index contributed by atoms with van der Waals surface area (Å²) < 4.78 is 18.8. The molecule has 0 saturated carbocycles. The molecule has 1 amide bonds. The van der Waals surface area contributed by atoms with Gasteiger partial charge in [-0.1, -0.05) is 17.7 Å². The molecule has 0 saturated heterocycles. The minimum atomic E-state index is -0.460. The Balaban J connectivity index is 2.16. The Labute approximate surface area is 120 Å². The average molecular weight is 298 g/mol. The number of halogens is 2. The molecule has 106 valence electrons. The van der Waals surface area contributed by atoms with Crippen LogP contribution in [0.3, 0.4) is 0 Å². The molecule has 2 rings (SSSR count). The van der Waals surface area contributed by atoms with Crippen LogP contribution in [0.1, 0.15) is 36.0 Å². The van der Waals surface area contributed by atoms with Gasteiger partial charge in [-0.3, -0.25) is 4.79 Å². The van der Waals surface area contributed by atoms with Gasteiger partial charge >= 0.3 is 11.8 Å². The lowest BCUT2D eigenvalue weighted by Gasteiger charge is -2.04. The molecular weight excluding hydrogens is 285 g/mol. The second-order valence-electron chi connectivity index (χ2n) is 4.51. The minimum Gasteiger partial charge on any atom is -0.417 e. The SMILES string of the molecule is CC(C)NC(=O)c1nnc(Cc2c(F)cccc2Cl)o1. The second-order valence-corrected chi connectivity index (χ2v) is 4.91. The molecule has 0 fully saturated rings. The highest BCUT2D eigenvalue weighted by Gasteiger charge is 2.17. The van der Waals surface area contributed by atoms with Crippen LogP contribution in [-0.2, 0) is 6.42 Å². The number of carbonyl (C=O) groups is 1. The molecule has 0 aliphatic rings. The van der Waals surface area contributed by atoms with Crippen LogP contribution in [0.2, 0.25) is 5.02 Å². The summed E-state index contributed by atoms with van der Waals surface area (Å²) in [5.74, 6) is -0.936. The van der Waals surface area contributed by atoms with Crippen molar-refractivity contribution in [3.05, 3.63) is 46.4 Å². The Morgan fingerprint density at radius 1 is 1.45 bits per heavy atom. The van der Waals surface area contributed by atoms with E-state index < -0.39 is 11.7 Å². The van der Waals surface area contributed by atoms with Gasteiger partial charge in [-0.25, -0.2) is 4.39 Å². The highest BCUT2D eigenvalue weighted by atomic mass is 35.5. The lowest BCUT2D eigenvalue weighted by molar-refractivity contribution is 0.0906. The van der Waals surface area contributed by atoms with Crippen LogP contribution in [-0.4, -0.2) is 22.1 Å². The van der Waals surface area contributed by atoms with E-state index in [0.717, 1.165) is 0 Å². The Morgan fingerprint density at radius 2 is 2.20 bits per heavy atom. The summed E-state index contributed by atoms with van der Waals surface area (Å²) in [6.45, 7) is 3.63. The highest BCUT2D eigenvalue weighted by Crippen LogP contribution is 2.21. The number of hydrogen-bond acceptors (Lipinski definition) is 4. The average Bonchev–Trinajstić information content (AvgIpc) is 2.82. The van der Waals surface area contributed by atoms with Gasteiger partial charge in [-0.05, 0) is 26.0 Å². The molecule has 0 unspecified atom stereocenters. The number of amides is 1. The number of carbonyl (C=O) groups excluding carboxylic acids is 1. The lowest BCUT2D eigenvalue weighted by atomic mass is 10.1. The number of benzene rings is 1. The van der Waals surface area contributed by atoms with Crippen molar-refractivity contribution in [2.24, 2.45) is 0 Å². The first-order valence-corrected chi connectivity index (χ1v) is 6.41. The van der Waals surface area contributed by atoms with Gasteiger partial charge in [0.2, 0.25) is 5.89 Å². The van der Waals surface area contributed by atoms with Crippen molar-refractivity contribution in [3.63, 3.8) is 0 Å². The fourth-order valence-corrected chi connectivity index (χ4v) is 1.82. The molecule has 0 aliphatic heterocycles. The molecule has 0 bridgehead atoms. The van der Waals surface area contributed by atoms with Gasteiger partial charge in [0.15, 0.2) is 0 Å². The first kappa shape index (κ1) is 14.5. The molecule has 0 aliphatic carbocycles. The van der Waals surface area contributed by atoms with Gasteiger partial charge in [0, 0.05) is 16.6 Å². The maximum Gasteiger partial charge on any atom is 0.309 e. The molecule has 1 aromatic heterocycles. The highest BCUT2D eigenvalue weighted by molar-refractivity contribution is 6.31. The van der Waals surface area contributed by atoms with Crippen LogP contribution in [0.5, 0.6) is 0 Å². The Kier molecular flexibility index (Phi) is 4.34. The van der Waals surface area contributed by atoms with E-state index in [1.165, 1.54) is 12.1 Å². The summed E-state index contributed by atoms with van der Waals surface area (Å²) in [4.78, 5) is 11.6.